The van der Waals surface area contributed by atoms with E-state index in [0.717, 1.165) is 51.1 Å². The summed E-state index contributed by atoms with van der Waals surface area (Å²) in [5, 5.41) is 0. The number of nitrogens with zero attached hydrogens (tertiary/aromatic N) is 2. The van der Waals surface area contributed by atoms with Gasteiger partial charge in [-0.15, -0.1) is 0 Å². The third kappa shape index (κ3) is 3.38. The van der Waals surface area contributed by atoms with Gasteiger partial charge in [-0.05, 0) is 50.3 Å². The fraction of sp³-hybridized carbons (Fsp3) is 0.667. The summed E-state index contributed by atoms with van der Waals surface area (Å²) in [7, 11) is 0. The van der Waals surface area contributed by atoms with Crippen LogP contribution in [0.15, 0.2) is 18.3 Å². The third-order valence-corrected chi connectivity index (χ3v) is 3.89. The molecule has 2 N–H and O–H groups in total. The summed E-state index contributed by atoms with van der Waals surface area (Å²) in [4.78, 5) is 14.6. The standard InChI is InChI=1S/C15H25N3O/c1-2-9-17-10-4-6-14(17)15(19)18-11-3-5-13(12-18)7-8-16/h4,6,10,13H,2-3,5,7-9,11-12,16H2,1H3. The van der Waals surface area contributed by atoms with Gasteiger partial charge in [0.1, 0.15) is 5.69 Å². The predicted molar refractivity (Wildman–Crippen MR) is 77.0 cm³/mol. The zero-order chi connectivity index (χ0) is 13.7. The molecule has 2 rings (SSSR count). The van der Waals surface area contributed by atoms with Crippen molar-refractivity contribution in [3.63, 3.8) is 0 Å². The van der Waals surface area contributed by atoms with Crippen molar-refractivity contribution in [3.8, 4) is 0 Å². The molecule has 0 bridgehead atoms. The number of aromatic nitrogens is 1. The van der Waals surface area contributed by atoms with E-state index in [2.05, 4.69) is 11.5 Å². The summed E-state index contributed by atoms with van der Waals surface area (Å²) in [5.74, 6) is 0.762. The van der Waals surface area contributed by atoms with Gasteiger partial charge in [-0.2, -0.15) is 0 Å². The highest BCUT2D eigenvalue weighted by atomic mass is 16.2. The molecule has 106 valence electrons. The second-order valence-electron chi connectivity index (χ2n) is 5.42. The van der Waals surface area contributed by atoms with Crippen molar-refractivity contribution in [2.24, 2.45) is 11.7 Å². The number of amides is 1. The molecule has 1 aromatic heterocycles. The lowest BCUT2D eigenvalue weighted by molar-refractivity contribution is 0.0658. The first-order valence-electron chi connectivity index (χ1n) is 7.40. The number of carbonyl (C=O) groups is 1. The van der Waals surface area contributed by atoms with Gasteiger partial charge >= 0.3 is 0 Å². The van der Waals surface area contributed by atoms with Crippen molar-refractivity contribution in [2.75, 3.05) is 19.6 Å². The summed E-state index contributed by atoms with van der Waals surface area (Å²) in [6, 6.07) is 3.90. The molecule has 4 heteroatoms. The van der Waals surface area contributed by atoms with Crippen LogP contribution in [0.4, 0.5) is 0 Å². The van der Waals surface area contributed by atoms with E-state index in [1.165, 1.54) is 6.42 Å². The van der Waals surface area contributed by atoms with E-state index in [9.17, 15) is 4.79 Å². The number of nitrogens with two attached hydrogens (primary N) is 1. The van der Waals surface area contributed by atoms with E-state index < -0.39 is 0 Å². The van der Waals surface area contributed by atoms with Crippen molar-refractivity contribution in [1.82, 2.24) is 9.47 Å². The van der Waals surface area contributed by atoms with Crippen molar-refractivity contribution in [3.05, 3.63) is 24.0 Å². The molecule has 0 aromatic carbocycles. The number of rotatable bonds is 5. The molecule has 0 radical (unpaired) electrons. The first-order valence-corrected chi connectivity index (χ1v) is 7.40. The second kappa shape index (κ2) is 6.75. The van der Waals surface area contributed by atoms with Crippen LogP contribution in [-0.2, 0) is 6.54 Å². The van der Waals surface area contributed by atoms with Gasteiger partial charge < -0.3 is 15.2 Å². The molecule has 0 aliphatic carbocycles. The third-order valence-electron chi connectivity index (χ3n) is 3.89. The van der Waals surface area contributed by atoms with E-state index in [1.807, 2.05) is 23.2 Å². The maximum atomic E-state index is 12.6. The van der Waals surface area contributed by atoms with Crippen molar-refractivity contribution in [1.29, 1.82) is 0 Å². The van der Waals surface area contributed by atoms with Crippen LogP contribution in [0, 0.1) is 5.92 Å². The Labute approximate surface area is 115 Å². The van der Waals surface area contributed by atoms with Gasteiger partial charge in [0.2, 0.25) is 0 Å². The molecular weight excluding hydrogens is 238 g/mol. The lowest BCUT2D eigenvalue weighted by Crippen LogP contribution is -2.41. The van der Waals surface area contributed by atoms with Crippen LogP contribution in [0.3, 0.4) is 0 Å². The summed E-state index contributed by atoms with van der Waals surface area (Å²) < 4.78 is 2.06. The van der Waals surface area contributed by atoms with E-state index in [1.54, 1.807) is 0 Å². The molecule has 1 fully saturated rings. The van der Waals surface area contributed by atoms with Gasteiger partial charge in [0, 0.05) is 25.8 Å². The van der Waals surface area contributed by atoms with Gasteiger partial charge in [0.15, 0.2) is 0 Å². The number of carbonyl (C=O) groups excluding carboxylic acids is 1. The summed E-state index contributed by atoms with van der Waals surface area (Å²) in [5.41, 5.74) is 6.46. The predicted octanol–water partition coefficient (Wildman–Crippen LogP) is 2.10. The van der Waals surface area contributed by atoms with Crippen LogP contribution in [0.5, 0.6) is 0 Å². The van der Waals surface area contributed by atoms with Crippen molar-refractivity contribution in [2.45, 2.75) is 39.2 Å². The summed E-state index contributed by atoms with van der Waals surface area (Å²) >= 11 is 0. The van der Waals surface area contributed by atoms with Gasteiger partial charge in [0.05, 0.1) is 0 Å². The van der Waals surface area contributed by atoms with E-state index in [0.29, 0.717) is 5.92 Å². The molecule has 1 aliphatic rings. The Morgan fingerprint density at radius 1 is 1.53 bits per heavy atom. The first kappa shape index (κ1) is 14.1. The molecule has 1 aliphatic heterocycles. The van der Waals surface area contributed by atoms with Crippen molar-refractivity contribution < 1.29 is 4.79 Å². The van der Waals surface area contributed by atoms with Gasteiger partial charge in [0.25, 0.3) is 5.91 Å². The zero-order valence-electron chi connectivity index (χ0n) is 11.8. The Balaban J connectivity index is 2.04. The van der Waals surface area contributed by atoms with E-state index >= 15 is 0 Å². The molecule has 1 aromatic rings. The van der Waals surface area contributed by atoms with Crippen molar-refractivity contribution >= 4 is 5.91 Å². The van der Waals surface area contributed by atoms with Crippen LogP contribution in [0.1, 0.15) is 43.1 Å². The van der Waals surface area contributed by atoms with Crippen LogP contribution in [-0.4, -0.2) is 35.0 Å². The van der Waals surface area contributed by atoms with Crippen LogP contribution < -0.4 is 5.73 Å². The van der Waals surface area contributed by atoms with Crippen LogP contribution >= 0.6 is 0 Å². The molecule has 2 heterocycles. The molecule has 1 atom stereocenters. The SMILES string of the molecule is CCCn1cccc1C(=O)N1CCCC(CCN)C1. The molecular formula is C15H25N3O. The Hall–Kier alpha value is -1.29. The normalized spacial score (nSPS) is 19.7. The fourth-order valence-corrected chi connectivity index (χ4v) is 2.93. The zero-order valence-corrected chi connectivity index (χ0v) is 11.8. The highest BCUT2D eigenvalue weighted by Gasteiger charge is 2.25. The summed E-state index contributed by atoms with van der Waals surface area (Å²) in [6.07, 6.45) is 6.38. The highest BCUT2D eigenvalue weighted by Crippen LogP contribution is 2.21. The minimum Gasteiger partial charge on any atom is -0.344 e. The molecule has 1 amide bonds. The highest BCUT2D eigenvalue weighted by molar-refractivity contribution is 5.92. The van der Waals surface area contributed by atoms with Gasteiger partial charge in [-0.3, -0.25) is 4.79 Å². The Morgan fingerprint density at radius 3 is 3.11 bits per heavy atom. The average Bonchev–Trinajstić information content (AvgIpc) is 2.87. The Kier molecular flexibility index (Phi) is 5.02. The number of hydrogen-bond donors (Lipinski definition) is 1. The largest absolute Gasteiger partial charge is 0.344 e. The molecule has 1 unspecified atom stereocenters. The monoisotopic (exact) mass is 263 g/mol. The number of piperidine rings is 1. The average molecular weight is 263 g/mol. The fourth-order valence-electron chi connectivity index (χ4n) is 2.93. The lowest BCUT2D eigenvalue weighted by atomic mass is 9.94. The summed E-state index contributed by atoms with van der Waals surface area (Å²) in [6.45, 7) is 5.52. The van der Waals surface area contributed by atoms with E-state index in [4.69, 9.17) is 5.73 Å². The minimum absolute atomic E-state index is 0.181. The molecule has 0 spiro atoms. The number of aryl methyl sites for hydroxylation is 1. The Bertz CT molecular complexity index is 411. The van der Waals surface area contributed by atoms with Crippen LogP contribution in [0.2, 0.25) is 0 Å². The van der Waals surface area contributed by atoms with E-state index in [-0.39, 0.29) is 5.91 Å². The topological polar surface area (TPSA) is 51.3 Å². The second-order valence-corrected chi connectivity index (χ2v) is 5.42. The van der Waals surface area contributed by atoms with Gasteiger partial charge in [-0.25, -0.2) is 0 Å². The molecule has 0 saturated carbocycles. The Morgan fingerprint density at radius 2 is 2.37 bits per heavy atom. The molecule has 4 nitrogen and oxygen atoms in total. The molecule has 1 saturated heterocycles. The first-order chi connectivity index (χ1) is 9.26. The smallest absolute Gasteiger partial charge is 0.270 e. The number of hydrogen-bond acceptors (Lipinski definition) is 2. The minimum atomic E-state index is 0.181. The molecule has 19 heavy (non-hydrogen) atoms. The van der Waals surface area contributed by atoms with Gasteiger partial charge in [-0.1, -0.05) is 6.92 Å². The maximum Gasteiger partial charge on any atom is 0.270 e. The number of likely N-dealkylation sites (tertiary alicyclic amines) is 1. The lowest BCUT2D eigenvalue weighted by Gasteiger charge is -2.32. The van der Waals surface area contributed by atoms with Crippen LogP contribution in [0.25, 0.3) is 0 Å². The maximum absolute atomic E-state index is 12.6. The quantitative estimate of drug-likeness (QED) is 0.884.